The molecule has 1 rings (SSSR count). The fourth-order valence-corrected chi connectivity index (χ4v) is 1.48. The zero-order valence-electron chi connectivity index (χ0n) is 9.12. The number of benzene rings is 1. The van der Waals surface area contributed by atoms with Crippen molar-refractivity contribution in [1.29, 1.82) is 5.26 Å². The van der Waals surface area contributed by atoms with Crippen molar-refractivity contribution in [3.8, 4) is 6.07 Å². The van der Waals surface area contributed by atoms with Gasteiger partial charge in [0.05, 0.1) is 27.5 Å². The first-order chi connectivity index (χ1) is 8.88. The Kier molecular flexibility index (Phi) is 4.33. The first-order valence-electron chi connectivity index (χ1n) is 4.66. The second-order valence-electron chi connectivity index (χ2n) is 3.18. The van der Waals surface area contributed by atoms with E-state index >= 15 is 0 Å². The van der Waals surface area contributed by atoms with Crippen molar-refractivity contribution < 1.29 is 14.6 Å². The molecule has 0 spiro atoms. The van der Waals surface area contributed by atoms with Gasteiger partial charge in [-0.25, -0.2) is 0 Å². The van der Waals surface area contributed by atoms with Crippen LogP contribution in [0.15, 0.2) is 12.1 Å². The van der Waals surface area contributed by atoms with Crippen molar-refractivity contribution in [1.82, 2.24) is 5.32 Å². The molecule has 19 heavy (non-hydrogen) atoms. The van der Waals surface area contributed by atoms with Crippen LogP contribution in [0.5, 0.6) is 0 Å². The Morgan fingerprint density at radius 2 is 2.00 bits per heavy atom. The van der Waals surface area contributed by atoms with E-state index in [9.17, 15) is 25.0 Å². The van der Waals surface area contributed by atoms with Crippen LogP contribution in [-0.4, -0.2) is 22.3 Å². The summed E-state index contributed by atoms with van der Waals surface area (Å²) in [5.74, 6) is -0.904. The van der Waals surface area contributed by atoms with Crippen LogP contribution in [0.1, 0.15) is 10.4 Å². The number of nitrogens with zero attached hydrogens (tertiary/aromatic N) is 3. The molecule has 1 aromatic carbocycles. The maximum atomic E-state index is 11.6. The predicted molar refractivity (Wildman–Crippen MR) is 62.7 cm³/mol. The molecular weight excluding hydrogens is 280 g/mol. The third kappa shape index (κ3) is 3.14. The number of halogens is 1. The number of hydrogen-bond donors (Lipinski definition) is 1. The maximum absolute atomic E-state index is 11.6. The smallest absolute Gasteiger partial charge is 0.295 e. The van der Waals surface area contributed by atoms with E-state index in [1.165, 1.54) is 0 Å². The molecule has 9 nitrogen and oxygen atoms in total. The Bertz CT molecular complexity index is 609. The molecule has 0 aliphatic heterocycles. The number of amides is 1. The number of rotatable bonds is 4. The second-order valence-corrected chi connectivity index (χ2v) is 3.56. The van der Waals surface area contributed by atoms with Gasteiger partial charge in [0, 0.05) is 6.07 Å². The van der Waals surface area contributed by atoms with E-state index in [1.54, 1.807) is 6.07 Å². The van der Waals surface area contributed by atoms with E-state index < -0.39 is 37.7 Å². The van der Waals surface area contributed by atoms with Gasteiger partial charge < -0.3 is 5.32 Å². The summed E-state index contributed by atoms with van der Waals surface area (Å²) in [5, 5.41) is 31.2. The summed E-state index contributed by atoms with van der Waals surface area (Å²) in [6, 6.07) is 3.08. The van der Waals surface area contributed by atoms with Crippen molar-refractivity contribution in [3.63, 3.8) is 0 Å². The topological polar surface area (TPSA) is 139 Å². The van der Waals surface area contributed by atoms with Crippen LogP contribution >= 0.6 is 11.6 Å². The molecule has 0 bridgehead atoms. The van der Waals surface area contributed by atoms with Crippen LogP contribution in [-0.2, 0) is 0 Å². The molecule has 0 radical (unpaired) electrons. The van der Waals surface area contributed by atoms with Gasteiger partial charge in [-0.3, -0.25) is 25.0 Å². The minimum atomic E-state index is -0.934. The minimum Gasteiger partial charge on any atom is -0.339 e. The molecular formula is C9H5ClN4O5. The lowest BCUT2D eigenvalue weighted by Crippen LogP contribution is -2.24. The van der Waals surface area contributed by atoms with Gasteiger partial charge in [0.25, 0.3) is 17.3 Å². The van der Waals surface area contributed by atoms with Gasteiger partial charge in [0.15, 0.2) is 0 Å². The number of non-ortho nitro benzene ring substituents is 1. The van der Waals surface area contributed by atoms with E-state index in [2.05, 4.69) is 5.32 Å². The molecule has 0 saturated carbocycles. The number of nitrogens with one attached hydrogen (secondary N) is 1. The summed E-state index contributed by atoms with van der Waals surface area (Å²) in [6.45, 7) is -0.356. The average Bonchev–Trinajstić information content (AvgIpc) is 2.35. The molecule has 0 aromatic heterocycles. The standard InChI is InChI=1S/C9H5ClN4O5/c10-8-6(9(15)12-2-1-11)3-5(13(16)17)4-7(8)14(18)19/h3-4H,2H2,(H,12,15). The molecule has 0 aliphatic rings. The summed E-state index contributed by atoms with van der Waals surface area (Å²) in [4.78, 5) is 31.1. The maximum Gasteiger partial charge on any atom is 0.295 e. The first kappa shape index (κ1) is 14.3. The normalized spacial score (nSPS) is 9.47. The summed E-state index contributed by atoms with van der Waals surface area (Å²) >= 11 is 5.65. The van der Waals surface area contributed by atoms with Crippen molar-refractivity contribution in [2.75, 3.05) is 6.54 Å². The molecule has 1 amide bonds. The minimum absolute atomic E-state index is 0.356. The molecule has 1 aromatic rings. The third-order valence-electron chi connectivity index (χ3n) is 2.02. The van der Waals surface area contributed by atoms with Crippen molar-refractivity contribution in [2.45, 2.75) is 0 Å². The SMILES string of the molecule is N#CCNC(=O)c1cc([N+](=O)[O-])cc([N+](=O)[O-])c1Cl. The van der Waals surface area contributed by atoms with Crippen LogP contribution < -0.4 is 5.32 Å². The number of carbonyl (C=O) groups is 1. The zero-order valence-corrected chi connectivity index (χ0v) is 9.88. The van der Waals surface area contributed by atoms with Crippen LogP contribution in [0.4, 0.5) is 11.4 Å². The number of carbonyl (C=O) groups excluding carboxylic acids is 1. The van der Waals surface area contributed by atoms with Gasteiger partial charge >= 0.3 is 0 Å². The highest BCUT2D eigenvalue weighted by molar-refractivity contribution is 6.36. The first-order valence-corrected chi connectivity index (χ1v) is 5.03. The molecule has 0 heterocycles. The Hall–Kier alpha value is -2.73. The van der Waals surface area contributed by atoms with E-state index in [4.69, 9.17) is 16.9 Å². The Labute approximate surface area is 110 Å². The molecule has 0 aliphatic carbocycles. The van der Waals surface area contributed by atoms with Gasteiger partial charge in [-0.1, -0.05) is 11.6 Å². The van der Waals surface area contributed by atoms with Crippen molar-refractivity contribution in [3.05, 3.63) is 42.9 Å². The molecule has 1 N–H and O–H groups in total. The highest BCUT2D eigenvalue weighted by atomic mass is 35.5. The number of nitriles is 1. The van der Waals surface area contributed by atoms with E-state index in [1.807, 2.05) is 0 Å². The van der Waals surface area contributed by atoms with Crippen molar-refractivity contribution >= 4 is 28.9 Å². The van der Waals surface area contributed by atoms with Crippen LogP contribution in [0.3, 0.4) is 0 Å². The van der Waals surface area contributed by atoms with E-state index in [0.717, 1.165) is 6.07 Å². The quantitative estimate of drug-likeness (QED) is 0.503. The molecule has 0 saturated heterocycles. The summed E-state index contributed by atoms with van der Waals surface area (Å²) < 4.78 is 0. The van der Waals surface area contributed by atoms with Crippen LogP contribution in [0.2, 0.25) is 5.02 Å². The fraction of sp³-hybridized carbons (Fsp3) is 0.111. The lowest BCUT2D eigenvalue weighted by Gasteiger charge is -2.04. The van der Waals surface area contributed by atoms with Gasteiger partial charge in [-0.2, -0.15) is 5.26 Å². The third-order valence-corrected chi connectivity index (χ3v) is 2.42. The van der Waals surface area contributed by atoms with Gasteiger partial charge in [-0.15, -0.1) is 0 Å². The molecule has 0 fully saturated rings. The Balaban J connectivity index is 3.38. The Morgan fingerprint density at radius 3 is 2.47 bits per heavy atom. The lowest BCUT2D eigenvalue weighted by atomic mass is 10.1. The highest BCUT2D eigenvalue weighted by Crippen LogP contribution is 2.32. The van der Waals surface area contributed by atoms with E-state index in [-0.39, 0.29) is 6.54 Å². The summed E-state index contributed by atoms with van der Waals surface area (Å²) in [5.41, 5.74) is -1.83. The Morgan fingerprint density at radius 1 is 1.37 bits per heavy atom. The van der Waals surface area contributed by atoms with E-state index in [0.29, 0.717) is 6.07 Å². The molecule has 0 atom stereocenters. The van der Waals surface area contributed by atoms with Crippen LogP contribution in [0.25, 0.3) is 0 Å². The number of nitro groups is 2. The average molecular weight is 285 g/mol. The fourth-order valence-electron chi connectivity index (χ4n) is 1.21. The number of hydrogen-bond acceptors (Lipinski definition) is 6. The van der Waals surface area contributed by atoms with Crippen LogP contribution in [0, 0.1) is 31.6 Å². The summed E-state index contributed by atoms with van der Waals surface area (Å²) in [6.07, 6.45) is 0. The summed E-state index contributed by atoms with van der Waals surface area (Å²) in [7, 11) is 0. The predicted octanol–water partition coefficient (Wildman–Crippen LogP) is 1.41. The highest BCUT2D eigenvalue weighted by Gasteiger charge is 2.26. The number of nitro benzene ring substituents is 2. The zero-order chi connectivity index (χ0) is 14.6. The van der Waals surface area contributed by atoms with Crippen molar-refractivity contribution in [2.24, 2.45) is 0 Å². The van der Waals surface area contributed by atoms with Gasteiger partial charge in [0.1, 0.15) is 11.6 Å². The monoisotopic (exact) mass is 284 g/mol. The second kappa shape index (κ2) is 5.74. The van der Waals surface area contributed by atoms with Gasteiger partial charge in [-0.05, 0) is 0 Å². The largest absolute Gasteiger partial charge is 0.339 e. The molecule has 0 unspecified atom stereocenters. The molecule has 10 heteroatoms. The lowest BCUT2D eigenvalue weighted by molar-refractivity contribution is -0.394. The molecule has 98 valence electrons. The van der Waals surface area contributed by atoms with Gasteiger partial charge in [0.2, 0.25) is 0 Å².